The van der Waals surface area contributed by atoms with Crippen LogP contribution in [0.3, 0.4) is 0 Å². The van der Waals surface area contributed by atoms with Crippen molar-refractivity contribution in [2.24, 2.45) is 18.4 Å². The van der Waals surface area contributed by atoms with E-state index in [4.69, 9.17) is 0 Å². The number of carbonyl (C=O) groups is 2. The molecule has 0 unspecified atom stereocenters. The van der Waals surface area contributed by atoms with Crippen LogP contribution >= 0.6 is 0 Å². The fourth-order valence-electron chi connectivity index (χ4n) is 7.16. The lowest BCUT2D eigenvalue weighted by molar-refractivity contribution is -0.139. The van der Waals surface area contributed by atoms with Gasteiger partial charge in [-0.2, -0.15) is 13.2 Å². The fraction of sp³-hybridized carbons (Fsp3) is 0.438. The normalized spacial score (nSPS) is 22.4. The molecule has 12 heteroatoms. The fourth-order valence-corrected chi connectivity index (χ4v) is 7.16. The van der Waals surface area contributed by atoms with Gasteiger partial charge in [-0.1, -0.05) is 25.6 Å². The van der Waals surface area contributed by atoms with Gasteiger partial charge in [-0.3, -0.25) is 14.0 Å². The molecule has 1 aliphatic carbocycles. The highest BCUT2D eigenvalue weighted by atomic mass is 19.4. The van der Waals surface area contributed by atoms with Gasteiger partial charge in [-0.05, 0) is 65.8 Å². The van der Waals surface area contributed by atoms with Crippen molar-refractivity contribution >= 4 is 17.5 Å². The third-order valence-electron chi connectivity index (χ3n) is 9.30. The number of aromatic nitrogens is 3. The van der Waals surface area contributed by atoms with Crippen molar-refractivity contribution in [2.45, 2.75) is 44.4 Å². The summed E-state index contributed by atoms with van der Waals surface area (Å²) >= 11 is 0. The molecule has 1 aromatic heterocycles. The van der Waals surface area contributed by atoms with Crippen LogP contribution in [0.5, 0.6) is 0 Å². The molecule has 44 heavy (non-hydrogen) atoms. The molecule has 3 aliphatic rings. The van der Waals surface area contributed by atoms with Crippen LogP contribution in [-0.4, -0.2) is 57.8 Å². The van der Waals surface area contributed by atoms with Crippen molar-refractivity contribution in [1.29, 1.82) is 0 Å². The van der Waals surface area contributed by atoms with Gasteiger partial charge < -0.3 is 19.7 Å². The maximum Gasteiger partial charge on any atom is 0.416 e. The van der Waals surface area contributed by atoms with E-state index in [2.05, 4.69) is 29.0 Å². The molecule has 0 atom stereocenters. The molecule has 1 saturated carbocycles. The van der Waals surface area contributed by atoms with Crippen molar-refractivity contribution < 1.29 is 27.2 Å². The first-order valence-electron chi connectivity index (χ1n) is 14.6. The third kappa shape index (κ3) is 4.98. The summed E-state index contributed by atoms with van der Waals surface area (Å²) in [6.45, 7) is 5.28. The number of halogens is 4. The first kappa shape index (κ1) is 30.0. The van der Waals surface area contributed by atoms with E-state index in [9.17, 15) is 27.2 Å². The Kier molecular flexibility index (Phi) is 7.38. The Balaban J connectivity index is 1.24. The maximum atomic E-state index is 14.3. The van der Waals surface area contributed by atoms with E-state index in [0.29, 0.717) is 11.6 Å². The highest BCUT2D eigenvalue weighted by Gasteiger charge is 2.49. The van der Waals surface area contributed by atoms with Crippen LogP contribution in [-0.2, 0) is 36.5 Å². The monoisotopic (exact) mass is 610 g/mol. The SMILES string of the molecule is C=CC(=O)N1CC(CF)(CNCc2cc3c(c(C(F)(F)F)c2)CN(c2cccc(C4(c5nncn5C)CC(C)C4)c2)C3=O)C1. The number of hydrogen-bond donors (Lipinski definition) is 1. The van der Waals surface area contributed by atoms with Gasteiger partial charge in [0.2, 0.25) is 5.91 Å². The molecule has 0 bridgehead atoms. The minimum absolute atomic E-state index is 0.00825. The van der Waals surface area contributed by atoms with Crippen molar-refractivity contribution in [1.82, 2.24) is 25.0 Å². The van der Waals surface area contributed by atoms with Gasteiger partial charge in [0.05, 0.1) is 24.2 Å². The van der Waals surface area contributed by atoms with Gasteiger partial charge in [0.1, 0.15) is 12.2 Å². The minimum Gasteiger partial charge on any atom is -0.338 e. The molecule has 3 heterocycles. The molecule has 6 rings (SSSR count). The second-order valence-corrected chi connectivity index (χ2v) is 12.6. The number of carbonyl (C=O) groups excluding carboxylic acids is 2. The summed E-state index contributed by atoms with van der Waals surface area (Å²) in [4.78, 5) is 28.3. The summed E-state index contributed by atoms with van der Waals surface area (Å²) < 4.78 is 58.7. The summed E-state index contributed by atoms with van der Waals surface area (Å²) in [5.74, 6) is 0.489. The topological polar surface area (TPSA) is 83.4 Å². The molecule has 2 fully saturated rings. The lowest BCUT2D eigenvalue weighted by Gasteiger charge is -2.48. The Labute approximate surface area is 252 Å². The van der Waals surface area contributed by atoms with Crippen molar-refractivity contribution in [3.05, 3.63) is 89.0 Å². The van der Waals surface area contributed by atoms with Gasteiger partial charge in [-0.15, -0.1) is 10.2 Å². The van der Waals surface area contributed by atoms with Crippen LogP contribution in [0.15, 0.2) is 55.4 Å². The Morgan fingerprint density at radius 1 is 1.20 bits per heavy atom. The van der Waals surface area contributed by atoms with E-state index in [-0.39, 0.29) is 60.7 Å². The number of amides is 2. The Bertz CT molecular complexity index is 1620. The quantitative estimate of drug-likeness (QED) is 0.279. The number of rotatable bonds is 9. The lowest BCUT2D eigenvalue weighted by atomic mass is 9.58. The van der Waals surface area contributed by atoms with E-state index >= 15 is 0 Å². The second kappa shape index (κ2) is 10.8. The molecule has 1 N–H and O–H groups in total. The Morgan fingerprint density at radius 2 is 1.95 bits per heavy atom. The highest BCUT2D eigenvalue weighted by Crippen LogP contribution is 2.52. The van der Waals surface area contributed by atoms with Gasteiger partial charge in [-0.25, -0.2) is 0 Å². The minimum atomic E-state index is -4.67. The lowest BCUT2D eigenvalue weighted by Crippen LogP contribution is -2.62. The number of likely N-dealkylation sites (tertiary alicyclic amines) is 1. The highest BCUT2D eigenvalue weighted by molar-refractivity contribution is 6.10. The molecule has 8 nitrogen and oxygen atoms in total. The summed E-state index contributed by atoms with van der Waals surface area (Å²) in [5, 5.41) is 11.5. The second-order valence-electron chi connectivity index (χ2n) is 12.6. The maximum absolute atomic E-state index is 14.3. The molecule has 1 saturated heterocycles. The zero-order valence-corrected chi connectivity index (χ0v) is 24.6. The van der Waals surface area contributed by atoms with Crippen molar-refractivity contribution in [3.8, 4) is 0 Å². The molecular weight excluding hydrogens is 576 g/mol. The van der Waals surface area contributed by atoms with Crippen molar-refractivity contribution in [3.63, 3.8) is 0 Å². The smallest absolute Gasteiger partial charge is 0.338 e. The van der Waals surface area contributed by atoms with E-state index in [1.54, 1.807) is 12.4 Å². The zero-order valence-electron chi connectivity index (χ0n) is 24.6. The van der Waals surface area contributed by atoms with Gasteiger partial charge >= 0.3 is 6.18 Å². The number of anilines is 1. The zero-order chi connectivity index (χ0) is 31.4. The summed E-state index contributed by atoms with van der Waals surface area (Å²) in [6, 6.07) is 9.98. The van der Waals surface area contributed by atoms with Crippen LogP contribution < -0.4 is 10.2 Å². The van der Waals surface area contributed by atoms with E-state index in [0.717, 1.165) is 30.3 Å². The standard InChI is InChI=1S/C32H34F4N6O2/c1-4-27(43)41-17-30(15-33,18-41)16-37-13-21-8-24-25(26(9-21)32(34,35)36)14-42(28(24)44)23-7-5-6-22(10-23)31(11-20(2)12-31)29-39-38-19-40(29)3/h4-10,19-20,37H,1,11-18H2,2-3H3. The number of alkyl halides is 4. The Morgan fingerprint density at radius 3 is 2.57 bits per heavy atom. The van der Waals surface area contributed by atoms with Crippen molar-refractivity contribution in [2.75, 3.05) is 31.2 Å². The van der Waals surface area contributed by atoms with E-state index in [1.807, 2.05) is 29.8 Å². The average molecular weight is 611 g/mol. The van der Waals surface area contributed by atoms with Crippen LogP contribution in [0.2, 0.25) is 0 Å². The molecule has 232 valence electrons. The number of benzene rings is 2. The first-order valence-corrected chi connectivity index (χ1v) is 14.6. The third-order valence-corrected chi connectivity index (χ3v) is 9.30. The van der Waals surface area contributed by atoms with Crippen LogP contribution in [0.1, 0.15) is 58.2 Å². The van der Waals surface area contributed by atoms with Gasteiger partial charge in [0, 0.05) is 49.9 Å². The van der Waals surface area contributed by atoms with E-state index < -0.39 is 29.7 Å². The Hall–Kier alpha value is -4.06. The van der Waals surface area contributed by atoms with Gasteiger partial charge in [0.15, 0.2) is 0 Å². The number of fused-ring (bicyclic) bond motifs is 1. The molecular formula is C32H34F4N6O2. The summed E-state index contributed by atoms with van der Waals surface area (Å²) in [6.07, 6.45) is -0.164. The predicted octanol–water partition coefficient (Wildman–Crippen LogP) is 4.78. The molecule has 0 radical (unpaired) electrons. The molecule has 2 aromatic carbocycles. The van der Waals surface area contributed by atoms with Crippen LogP contribution in [0.4, 0.5) is 23.2 Å². The largest absolute Gasteiger partial charge is 0.416 e. The first-order chi connectivity index (χ1) is 20.9. The van der Waals surface area contributed by atoms with Crippen LogP contribution in [0.25, 0.3) is 0 Å². The molecule has 2 amide bonds. The molecule has 2 aliphatic heterocycles. The van der Waals surface area contributed by atoms with Gasteiger partial charge in [0.25, 0.3) is 5.91 Å². The number of aryl methyl sites for hydroxylation is 1. The van der Waals surface area contributed by atoms with E-state index in [1.165, 1.54) is 21.9 Å². The predicted molar refractivity (Wildman–Crippen MR) is 155 cm³/mol. The van der Waals surface area contributed by atoms with Crippen LogP contribution in [0, 0.1) is 11.3 Å². The summed E-state index contributed by atoms with van der Waals surface area (Å²) in [7, 11) is 1.89. The molecule has 3 aromatic rings. The molecule has 0 spiro atoms. The average Bonchev–Trinajstić information content (AvgIpc) is 3.54. The number of nitrogens with zero attached hydrogens (tertiary/aromatic N) is 5. The number of hydrogen-bond acceptors (Lipinski definition) is 5. The summed E-state index contributed by atoms with van der Waals surface area (Å²) in [5.41, 5.74) is -0.360. The number of nitrogens with one attached hydrogen (secondary N) is 1.